The van der Waals surface area contributed by atoms with Gasteiger partial charge in [-0.3, -0.25) is 0 Å². The van der Waals surface area contributed by atoms with Gasteiger partial charge in [-0.25, -0.2) is 14.9 Å². The summed E-state index contributed by atoms with van der Waals surface area (Å²) in [4.78, 5) is 16.5. The van der Waals surface area contributed by atoms with Crippen LogP contribution in [-0.4, -0.2) is 41.3 Å². The predicted molar refractivity (Wildman–Crippen MR) is 142 cm³/mol. The standard InChI is InChI=1S/C24H20BrIN6O3/c1-2-3-8-18-27-22(26)20(24(33)34)32(18)12-13-9-10-17-16(11-13)19(25)21(35-17)14-6-4-5-7-15(14)23-28-30-31-29-23/h4-7,9-11H,2-3,8,12H2,1H3,(H,33,34)(H,28,29,30,31). The number of aromatic carboxylic acids is 1. The van der Waals surface area contributed by atoms with E-state index in [1.807, 2.05) is 69.6 Å². The van der Waals surface area contributed by atoms with Crippen LogP contribution in [0.5, 0.6) is 0 Å². The molecule has 5 rings (SSSR count). The van der Waals surface area contributed by atoms with Crippen LogP contribution in [-0.2, 0) is 13.0 Å². The Balaban J connectivity index is 1.56. The van der Waals surface area contributed by atoms with Crippen LogP contribution in [0.2, 0.25) is 0 Å². The third kappa shape index (κ3) is 4.49. The van der Waals surface area contributed by atoms with Gasteiger partial charge < -0.3 is 14.1 Å². The van der Waals surface area contributed by atoms with E-state index in [0.29, 0.717) is 27.4 Å². The lowest BCUT2D eigenvalue weighted by molar-refractivity contribution is 0.0684. The Morgan fingerprint density at radius 2 is 2.03 bits per heavy atom. The van der Waals surface area contributed by atoms with Crippen molar-refractivity contribution in [3.05, 3.63) is 67.7 Å². The molecule has 2 N–H and O–H groups in total. The number of hydrogen-bond acceptors (Lipinski definition) is 6. The molecule has 35 heavy (non-hydrogen) atoms. The highest BCUT2D eigenvalue weighted by Crippen LogP contribution is 2.41. The number of hydrogen-bond donors (Lipinski definition) is 2. The van der Waals surface area contributed by atoms with Crippen molar-refractivity contribution >= 4 is 55.5 Å². The lowest BCUT2D eigenvalue weighted by Crippen LogP contribution is -2.13. The van der Waals surface area contributed by atoms with E-state index in [0.717, 1.165) is 51.6 Å². The first kappa shape index (κ1) is 23.7. The van der Waals surface area contributed by atoms with Gasteiger partial charge >= 0.3 is 5.97 Å². The van der Waals surface area contributed by atoms with Gasteiger partial charge in [-0.15, -0.1) is 5.10 Å². The van der Waals surface area contributed by atoms with Gasteiger partial charge in [0.25, 0.3) is 0 Å². The van der Waals surface area contributed by atoms with E-state index in [4.69, 9.17) is 4.42 Å². The maximum absolute atomic E-state index is 12.0. The van der Waals surface area contributed by atoms with E-state index in [1.54, 1.807) is 0 Å². The summed E-state index contributed by atoms with van der Waals surface area (Å²) in [7, 11) is 0. The molecule has 0 bridgehead atoms. The molecule has 2 aromatic carbocycles. The molecule has 0 unspecified atom stereocenters. The molecule has 0 saturated heterocycles. The summed E-state index contributed by atoms with van der Waals surface area (Å²) < 4.78 is 9.35. The van der Waals surface area contributed by atoms with Crippen molar-refractivity contribution in [1.82, 2.24) is 30.2 Å². The molecule has 0 aliphatic carbocycles. The lowest BCUT2D eigenvalue weighted by Gasteiger charge is -2.10. The lowest BCUT2D eigenvalue weighted by atomic mass is 10.0. The Morgan fingerprint density at radius 1 is 1.23 bits per heavy atom. The van der Waals surface area contributed by atoms with Gasteiger partial charge in [0.2, 0.25) is 0 Å². The molecule has 0 amide bonds. The number of furan rings is 1. The summed E-state index contributed by atoms with van der Waals surface area (Å²) in [6.07, 6.45) is 2.69. The van der Waals surface area contributed by atoms with E-state index in [2.05, 4.69) is 48.5 Å². The average molecular weight is 647 g/mol. The quantitative estimate of drug-likeness (QED) is 0.200. The van der Waals surface area contributed by atoms with Gasteiger partial charge in [0.15, 0.2) is 11.5 Å². The third-order valence-corrected chi connectivity index (χ3v) is 7.30. The average Bonchev–Trinajstić information content (AvgIpc) is 3.56. The molecule has 9 nitrogen and oxygen atoms in total. The largest absolute Gasteiger partial charge is 0.476 e. The molecule has 0 atom stereocenters. The molecular weight excluding hydrogens is 627 g/mol. The van der Waals surface area contributed by atoms with Gasteiger partial charge in [-0.2, -0.15) is 0 Å². The van der Waals surface area contributed by atoms with Crippen LogP contribution in [0.25, 0.3) is 33.7 Å². The van der Waals surface area contributed by atoms with Crippen LogP contribution in [0.4, 0.5) is 0 Å². The van der Waals surface area contributed by atoms with E-state index < -0.39 is 5.97 Å². The molecule has 3 heterocycles. The zero-order valence-electron chi connectivity index (χ0n) is 18.6. The zero-order chi connectivity index (χ0) is 24.5. The van der Waals surface area contributed by atoms with E-state index in [9.17, 15) is 9.90 Å². The fourth-order valence-electron chi connectivity index (χ4n) is 4.10. The van der Waals surface area contributed by atoms with Crippen LogP contribution >= 0.6 is 38.5 Å². The number of halogens is 2. The highest BCUT2D eigenvalue weighted by molar-refractivity contribution is 14.1. The minimum atomic E-state index is -0.976. The molecule has 0 aliphatic heterocycles. The highest BCUT2D eigenvalue weighted by atomic mass is 127. The van der Waals surface area contributed by atoms with Crippen molar-refractivity contribution in [1.29, 1.82) is 0 Å². The number of aryl methyl sites for hydroxylation is 1. The number of aromatic nitrogens is 6. The van der Waals surface area contributed by atoms with Crippen LogP contribution in [0.15, 0.2) is 51.4 Å². The van der Waals surface area contributed by atoms with Gasteiger partial charge in [0, 0.05) is 29.5 Å². The number of carbonyl (C=O) groups is 1. The summed E-state index contributed by atoms with van der Waals surface area (Å²) in [5.41, 5.74) is 3.55. The molecule has 5 aromatic rings. The summed E-state index contributed by atoms with van der Waals surface area (Å²) in [5, 5.41) is 24.9. The van der Waals surface area contributed by atoms with Gasteiger partial charge in [0.05, 0.1) is 4.47 Å². The fraction of sp³-hybridized carbons (Fsp3) is 0.208. The van der Waals surface area contributed by atoms with E-state index in [-0.39, 0.29) is 5.69 Å². The Hall–Kier alpha value is -3.06. The van der Waals surface area contributed by atoms with Crippen molar-refractivity contribution in [3.8, 4) is 22.7 Å². The van der Waals surface area contributed by atoms with E-state index >= 15 is 0 Å². The molecule has 11 heteroatoms. The summed E-state index contributed by atoms with van der Waals surface area (Å²) in [5.74, 6) is 1.02. The number of imidazole rings is 1. The second-order valence-electron chi connectivity index (χ2n) is 8.03. The predicted octanol–water partition coefficient (Wildman–Crippen LogP) is 5.93. The normalized spacial score (nSPS) is 11.4. The number of aromatic amines is 1. The molecule has 0 fully saturated rings. The minimum Gasteiger partial charge on any atom is -0.476 e. The van der Waals surface area contributed by atoms with Crippen molar-refractivity contribution in [2.75, 3.05) is 0 Å². The summed E-state index contributed by atoms with van der Waals surface area (Å²) in [6.45, 7) is 2.51. The molecule has 3 aromatic heterocycles. The number of fused-ring (bicyclic) bond motifs is 1. The maximum Gasteiger partial charge on any atom is 0.355 e. The van der Waals surface area contributed by atoms with Crippen LogP contribution in [0, 0.1) is 3.70 Å². The monoisotopic (exact) mass is 646 g/mol. The molecule has 0 radical (unpaired) electrons. The molecule has 0 aliphatic rings. The van der Waals surface area contributed by atoms with Crippen LogP contribution < -0.4 is 0 Å². The number of tetrazole rings is 1. The fourth-order valence-corrected chi connectivity index (χ4v) is 5.50. The zero-order valence-corrected chi connectivity index (χ0v) is 22.4. The summed E-state index contributed by atoms with van der Waals surface area (Å²) >= 11 is 5.73. The number of rotatable bonds is 8. The van der Waals surface area contributed by atoms with Crippen molar-refractivity contribution in [2.45, 2.75) is 32.7 Å². The van der Waals surface area contributed by atoms with Gasteiger partial charge in [0.1, 0.15) is 20.9 Å². The molecular formula is C24H20BrIN6O3. The van der Waals surface area contributed by atoms with Crippen molar-refractivity contribution in [2.24, 2.45) is 0 Å². The van der Waals surface area contributed by atoms with Crippen molar-refractivity contribution < 1.29 is 14.3 Å². The SMILES string of the molecule is CCCCc1nc(I)c(C(=O)O)n1Cc1ccc2oc(-c3ccccc3-c3nnn[nH]3)c(Br)c2c1. The minimum absolute atomic E-state index is 0.221. The van der Waals surface area contributed by atoms with Crippen molar-refractivity contribution in [3.63, 3.8) is 0 Å². The van der Waals surface area contributed by atoms with Crippen LogP contribution in [0.1, 0.15) is 41.6 Å². The number of H-pyrrole nitrogens is 1. The number of nitrogens with zero attached hydrogens (tertiary/aromatic N) is 5. The first-order valence-corrected chi connectivity index (χ1v) is 12.9. The molecule has 0 spiro atoms. The Morgan fingerprint density at radius 3 is 2.74 bits per heavy atom. The topological polar surface area (TPSA) is 123 Å². The number of carboxylic acids is 1. The number of carboxylic acid groups (broad SMARTS) is 1. The van der Waals surface area contributed by atoms with Gasteiger partial charge in [-0.05, 0) is 73.1 Å². The molecule has 0 saturated carbocycles. The molecule has 178 valence electrons. The Kier molecular flexibility index (Phi) is 6.69. The first-order chi connectivity index (χ1) is 17.0. The summed E-state index contributed by atoms with van der Waals surface area (Å²) in [6, 6.07) is 13.6. The van der Waals surface area contributed by atoms with Gasteiger partial charge in [-0.1, -0.05) is 43.7 Å². The maximum atomic E-state index is 12.0. The highest BCUT2D eigenvalue weighted by Gasteiger charge is 2.22. The smallest absolute Gasteiger partial charge is 0.355 e. The second-order valence-corrected chi connectivity index (χ2v) is 9.85. The Labute approximate surface area is 222 Å². The van der Waals surface area contributed by atoms with Crippen LogP contribution in [0.3, 0.4) is 0 Å². The number of nitrogens with one attached hydrogen (secondary N) is 1. The Bertz CT molecular complexity index is 1530. The first-order valence-electron chi connectivity index (χ1n) is 11.0. The second kappa shape index (κ2) is 9.90. The number of benzene rings is 2. The van der Waals surface area contributed by atoms with E-state index in [1.165, 1.54) is 0 Å². The number of unbranched alkanes of at least 4 members (excludes halogenated alkanes) is 1. The third-order valence-electron chi connectivity index (χ3n) is 5.77.